The highest BCUT2D eigenvalue weighted by atomic mass is 16.5. The molecule has 1 aromatic heterocycles. The minimum absolute atomic E-state index is 0.367. The lowest BCUT2D eigenvalue weighted by atomic mass is 9.93. The Kier molecular flexibility index (Phi) is 5.73. The van der Waals surface area contributed by atoms with Gasteiger partial charge in [0.05, 0.1) is 19.8 Å². The van der Waals surface area contributed by atoms with E-state index in [9.17, 15) is 0 Å². The summed E-state index contributed by atoms with van der Waals surface area (Å²) in [6.45, 7) is 6.19. The van der Waals surface area contributed by atoms with Crippen LogP contribution in [-0.4, -0.2) is 42.4 Å². The minimum Gasteiger partial charge on any atom is -0.481 e. The van der Waals surface area contributed by atoms with Crippen molar-refractivity contribution in [3.8, 4) is 5.88 Å². The van der Waals surface area contributed by atoms with E-state index in [1.165, 1.54) is 0 Å². The Balaban J connectivity index is 2.02. The topological polar surface area (TPSA) is 56.3 Å². The monoisotopic (exact) mass is 279 g/mol. The second kappa shape index (κ2) is 7.55. The number of hydrogen-bond acceptors (Lipinski definition) is 5. The highest BCUT2D eigenvalue weighted by molar-refractivity contribution is 5.14. The van der Waals surface area contributed by atoms with E-state index in [1.807, 2.05) is 6.07 Å². The third-order valence-corrected chi connectivity index (χ3v) is 3.79. The first kappa shape index (κ1) is 15.2. The molecule has 0 amide bonds. The van der Waals surface area contributed by atoms with Gasteiger partial charge in [-0.05, 0) is 26.3 Å². The fraction of sp³-hybridized carbons (Fsp3) is 0.733. The zero-order valence-electron chi connectivity index (χ0n) is 12.6. The van der Waals surface area contributed by atoms with E-state index in [0.29, 0.717) is 23.9 Å². The molecule has 1 aliphatic rings. The molecule has 2 rings (SSSR count). The average molecular weight is 279 g/mol. The highest BCUT2D eigenvalue weighted by Gasteiger charge is 2.29. The lowest BCUT2D eigenvalue weighted by Gasteiger charge is -2.23. The van der Waals surface area contributed by atoms with Crippen LogP contribution in [0, 0.1) is 5.92 Å². The van der Waals surface area contributed by atoms with Gasteiger partial charge in [-0.3, -0.25) is 0 Å². The maximum Gasteiger partial charge on any atom is 0.216 e. The van der Waals surface area contributed by atoms with Gasteiger partial charge in [-0.25, -0.2) is 9.97 Å². The van der Waals surface area contributed by atoms with Crippen LogP contribution < -0.4 is 10.1 Å². The van der Waals surface area contributed by atoms with E-state index in [-0.39, 0.29) is 0 Å². The number of hydrogen-bond donors (Lipinski definition) is 1. The molecule has 5 heteroatoms. The van der Waals surface area contributed by atoms with Crippen molar-refractivity contribution < 1.29 is 9.47 Å². The maximum atomic E-state index is 5.71. The van der Waals surface area contributed by atoms with Crippen molar-refractivity contribution in [2.24, 2.45) is 5.92 Å². The molecule has 1 N–H and O–H groups in total. The van der Waals surface area contributed by atoms with Crippen LogP contribution in [0.5, 0.6) is 5.88 Å². The van der Waals surface area contributed by atoms with E-state index in [2.05, 4.69) is 29.1 Å². The fourth-order valence-electron chi connectivity index (χ4n) is 2.69. The summed E-state index contributed by atoms with van der Waals surface area (Å²) in [5, 5.41) is 3.64. The van der Waals surface area contributed by atoms with Crippen molar-refractivity contribution in [2.45, 2.75) is 45.3 Å². The van der Waals surface area contributed by atoms with E-state index in [4.69, 9.17) is 9.47 Å². The average Bonchev–Trinajstić information content (AvgIpc) is 2.90. The van der Waals surface area contributed by atoms with Crippen molar-refractivity contribution >= 4 is 0 Å². The van der Waals surface area contributed by atoms with Crippen LogP contribution in [0.25, 0.3) is 0 Å². The Labute approximate surface area is 121 Å². The predicted molar refractivity (Wildman–Crippen MR) is 77.9 cm³/mol. The first-order valence-corrected chi connectivity index (χ1v) is 7.42. The molecule has 0 aromatic carbocycles. The minimum atomic E-state index is 0.367. The molecule has 1 aromatic rings. The number of nitrogens with one attached hydrogen (secondary N) is 1. The number of nitrogens with zero attached hydrogens (tertiary/aromatic N) is 2. The highest BCUT2D eigenvalue weighted by Crippen LogP contribution is 2.24. The van der Waals surface area contributed by atoms with Crippen LogP contribution in [0.2, 0.25) is 0 Å². The van der Waals surface area contributed by atoms with Gasteiger partial charge < -0.3 is 14.8 Å². The molecule has 20 heavy (non-hydrogen) atoms. The van der Waals surface area contributed by atoms with E-state index < -0.39 is 0 Å². The molecule has 3 unspecified atom stereocenters. The summed E-state index contributed by atoms with van der Waals surface area (Å²) in [7, 11) is 1.63. The summed E-state index contributed by atoms with van der Waals surface area (Å²) in [5.41, 5.74) is 1.02. The van der Waals surface area contributed by atoms with Gasteiger partial charge in [0.15, 0.2) is 0 Å². The van der Waals surface area contributed by atoms with Crippen LogP contribution in [-0.2, 0) is 11.2 Å². The zero-order chi connectivity index (χ0) is 14.4. The molecule has 1 aliphatic heterocycles. The molecule has 0 bridgehead atoms. The molecule has 1 saturated heterocycles. The molecule has 1 fully saturated rings. The van der Waals surface area contributed by atoms with Crippen LogP contribution in [0.3, 0.4) is 0 Å². The van der Waals surface area contributed by atoms with E-state index >= 15 is 0 Å². The smallest absolute Gasteiger partial charge is 0.216 e. The predicted octanol–water partition coefficient (Wildman–Crippen LogP) is 1.82. The normalized spacial score (nSPS) is 23.8. The van der Waals surface area contributed by atoms with Gasteiger partial charge in [-0.2, -0.15) is 0 Å². The Bertz CT molecular complexity index is 414. The van der Waals surface area contributed by atoms with Gasteiger partial charge >= 0.3 is 0 Å². The second-order valence-corrected chi connectivity index (χ2v) is 5.46. The second-order valence-electron chi connectivity index (χ2n) is 5.46. The van der Waals surface area contributed by atoms with Crippen LogP contribution in [0.4, 0.5) is 0 Å². The van der Waals surface area contributed by atoms with Crippen LogP contribution >= 0.6 is 0 Å². The Morgan fingerprint density at radius 2 is 2.35 bits per heavy atom. The lowest BCUT2D eigenvalue weighted by molar-refractivity contribution is 0.116. The first-order valence-electron chi connectivity index (χ1n) is 7.42. The third kappa shape index (κ3) is 4.15. The SMILES string of the molecule is CCCNC(Cc1cc(OC)ncn1)C1COC(C)C1. The van der Waals surface area contributed by atoms with Crippen LogP contribution in [0.15, 0.2) is 12.4 Å². The zero-order valence-corrected chi connectivity index (χ0v) is 12.6. The third-order valence-electron chi connectivity index (χ3n) is 3.79. The lowest BCUT2D eigenvalue weighted by Crippen LogP contribution is -2.39. The van der Waals surface area contributed by atoms with Crippen molar-refractivity contribution in [3.63, 3.8) is 0 Å². The maximum absolute atomic E-state index is 5.71. The first-order chi connectivity index (χ1) is 9.72. The van der Waals surface area contributed by atoms with Crippen molar-refractivity contribution in [1.82, 2.24) is 15.3 Å². The van der Waals surface area contributed by atoms with Crippen LogP contribution in [0.1, 0.15) is 32.4 Å². The van der Waals surface area contributed by atoms with Crippen molar-refractivity contribution in [3.05, 3.63) is 18.1 Å². The van der Waals surface area contributed by atoms with Gasteiger partial charge in [-0.1, -0.05) is 6.92 Å². The molecular weight excluding hydrogens is 254 g/mol. The molecule has 3 atom stereocenters. The van der Waals surface area contributed by atoms with Gasteiger partial charge in [0, 0.05) is 30.1 Å². The standard InChI is InChI=1S/C15H25N3O2/c1-4-5-16-14(12-6-11(2)20-9-12)7-13-8-15(19-3)18-10-17-13/h8,10-12,14,16H,4-7,9H2,1-3H3. The molecular formula is C15H25N3O2. The van der Waals surface area contributed by atoms with Gasteiger partial charge in [0.1, 0.15) is 6.33 Å². The van der Waals surface area contributed by atoms with Gasteiger partial charge in [0.25, 0.3) is 0 Å². The Hall–Kier alpha value is -1.20. The van der Waals surface area contributed by atoms with Crippen molar-refractivity contribution in [1.29, 1.82) is 0 Å². The summed E-state index contributed by atoms with van der Waals surface area (Å²) in [4.78, 5) is 8.41. The number of ether oxygens (including phenoxy) is 2. The quantitative estimate of drug-likeness (QED) is 0.825. The number of methoxy groups -OCH3 is 1. The van der Waals surface area contributed by atoms with E-state index in [1.54, 1.807) is 13.4 Å². The number of rotatable bonds is 7. The Morgan fingerprint density at radius 3 is 3.00 bits per heavy atom. The largest absolute Gasteiger partial charge is 0.481 e. The molecule has 0 saturated carbocycles. The fourth-order valence-corrected chi connectivity index (χ4v) is 2.69. The van der Waals surface area contributed by atoms with Crippen molar-refractivity contribution in [2.75, 3.05) is 20.3 Å². The molecule has 2 heterocycles. The van der Waals surface area contributed by atoms with Gasteiger partial charge in [0.2, 0.25) is 5.88 Å². The summed E-state index contributed by atoms with van der Waals surface area (Å²) in [5.74, 6) is 1.18. The van der Waals surface area contributed by atoms with E-state index in [0.717, 1.165) is 38.1 Å². The summed E-state index contributed by atoms with van der Waals surface area (Å²) in [6, 6.07) is 2.32. The number of aromatic nitrogens is 2. The summed E-state index contributed by atoms with van der Waals surface area (Å²) in [6.07, 6.45) is 5.07. The molecule has 112 valence electrons. The van der Waals surface area contributed by atoms with Gasteiger partial charge in [-0.15, -0.1) is 0 Å². The molecule has 0 spiro atoms. The molecule has 5 nitrogen and oxygen atoms in total. The summed E-state index contributed by atoms with van der Waals surface area (Å²) < 4.78 is 10.9. The molecule has 0 radical (unpaired) electrons. The molecule has 0 aliphatic carbocycles. The summed E-state index contributed by atoms with van der Waals surface area (Å²) >= 11 is 0. The Morgan fingerprint density at radius 1 is 1.50 bits per heavy atom.